The van der Waals surface area contributed by atoms with Crippen molar-refractivity contribution in [2.45, 2.75) is 32.4 Å². The number of nitrogens with zero attached hydrogens (tertiary/aromatic N) is 5. The molecule has 2 aromatic carbocycles. The summed E-state index contributed by atoms with van der Waals surface area (Å²) < 4.78 is 39.2. The normalized spacial score (nSPS) is 15.8. The van der Waals surface area contributed by atoms with E-state index < -0.39 is 17.9 Å². The van der Waals surface area contributed by atoms with E-state index in [1.165, 1.54) is 17.8 Å². The molecule has 10 nitrogen and oxygen atoms in total. The van der Waals surface area contributed by atoms with Gasteiger partial charge in [0, 0.05) is 63.5 Å². The second kappa shape index (κ2) is 13.3. The van der Waals surface area contributed by atoms with Crippen LogP contribution in [0.1, 0.15) is 51.5 Å². The second-order valence-corrected chi connectivity index (χ2v) is 10.8. The van der Waals surface area contributed by atoms with Crippen LogP contribution >= 0.6 is 0 Å². The zero-order valence-electron chi connectivity index (χ0n) is 24.4. The highest BCUT2D eigenvalue weighted by Gasteiger charge is 2.35. The van der Waals surface area contributed by atoms with Crippen LogP contribution < -0.4 is 15.1 Å². The number of hydrogen-bond donors (Lipinski definition) is 2. The molecule has 2 aliphatic rings. The van der Waals surface area contributed by atoms with E-state index in [4.69, 9.17) is 0 Å². The fourth-order valence-electron chi connectivity index (χ4n) is 5.46. The Hall–Kier alpha value is -4.68. The number of ketones is 1. The van der Waals surface area contributed by atoms with E-state index in [9.17, 15) is 27.6 Å². The Labute approximate surface area is 253 Å². The van der Waals surface area contributed by atoms with E-state index in [-0.39, 0.29) is 28.6 Å². The van der Waals surface area contributed by atoms with Crippen molar-refractivity contribution in [3.05, 3.63) is 71.3 Å². The number of aliphatic imine (C=N–C) groups is 1. The Morgan fingerprint density at radius 1 is 1.05 bits per heavy atom. The maximum atomic E-state index is 13.1. The summed E-state index contributed by atoms with van der Waals surface area (Å²) in [4.78, 5) is 53.4. The molecule has 232 valence electrons. The van der Waals surface area contributed by atoms with Crippen molar-refractivity contribution in [2.24, 2.45) is 4.99 Å². The summed E-state index contributed by atoms with van der Waals surface area (Å²) in [5.74, 6) is -2.33. The number of imidazole rings is 1. The largest absolute Gasteiger partial charge is 0.449 e. The van der Waals surface area contributed by atoms with Crippen LogP contribution in [0.2, 0.25) is 0 Å². The zero-order valence-corrected chi connectivity index (χ0v) is 24.4. The summed E-state index contributed by atoms with van der Waals surface area (Å²) >= 11 is 0. The third kappa shape index (κ3) is 7.26. The fourth-order valence-corrected chi connectivity index (χ4v) is 5.46. The highest BCUT2D eigenvalue weighted by molar-refractivity contribution is 6.35. The van der Waals surface area contributed by atoms with Crippen molar-refractivity contribution >= 4 is 40.9 Å². The number of carbonyl (C=O) groups excluding carboxylic acids is 3. The van der Waals surface area contributed by atoms with Gasteiger partial charge in [0.1, 0.15) is 5.69 Å². The SMILES string of the molecule is Cc1ccccc1N1CCN(c2ccc(C(=O)C=NCCCN3CCCC3=O)cc2NC(=O)c2cnc(C(F)(F)F)[nH]2)CC1. The molecule has 0 bridgehead atoms. The number of aryl methyl sites for hydroxylation is 1. The van der Waals surface area contributed by atoms with Crippen molar-refractivity contribution in [1.82, 2.24) is 14.9 Å². The first-order valence-electron chi connectivity index (χ1n) is 14.6. The topological polar surface area (TPSA) is 114 Å². The van der Waals surface area contributed by atoms with Gasteiger partial charge in [-0.05, 0) is 49.6 Å². The number of piperazine rings is 1. The van der Waals surface area contributed by atoms with E-state index in [0.29, 0.717) is 57.8 Å². The number of H-pyrrole nitrogens is 1. The van der Waals surface area contributed by atoms with Gasteiger partial charge in [0.2, 0.25) is 17.5 Å². The lowest BCUT2D eigenvalue weighted by Gasteiger charge is -2.38. The number of anilines is 3. The van der Waals surface area contributed by atoms with Gasteiger partial charge in [-0.15, -0.1) is 0 Å². The maximum Gasteiger partial charge on any atom is 0.449 e. The third-order valence-corrected chi connectivity index (χ3v) is 7.79. The molecule has 2 saturated heterocycles. The van der Waals surface area contributed by atoms with Gasteiger partial charge in [-0.2, -0.15) is 13.2 Å². The number of likely N-dealkylation sites (tertiary alicyclic amines) is 1. The van der Waals surface area contributed by atoms with Crippen LogP contribution in [-0.2, 0) is 11.0 Å². The average Bonchev–Trinajstić information content (AvgIpc) is 3.67. The van der Waals surface area contributed by atoms with Crippen LogP contribution in [-0.4, -0.2) is 84.5 Å². The highest BCUT2D eigenvalue weighted by Crippen LogP contribution is 2.31. The minimum Gasteiger partial charge on any atom is -0.368 e. The predicted molar refractivity (Wildman–Crippen MR) is 162 cm³/mol. The first-order valence-corrected chi connectivity index (χ1v) is 14.6. The molecule has 44 heavy (non-hydrogen) atoms. The number of Topliss-reactive ketones (excluding diaryl/α,β-unsaturated/α-hetero) is 1. The van der Waals surface area contributed by atoms with Crippen LogP contribution in [0.5, 0.6) is 0 Å². The molecule has 0 spiro atoms. The third-order valence-electron chi connectivity index (χ3n) is 7.79. The molecule has 0 atom stereocenters. The van der Waals surface area contributed by atoms with Crippen LogP contribution in [0.4, 0.5) is 30.2 Å². The molecule has 0 saturated carbocycles. The van der Waals surface area contributed by atoms with Crippen LogP contribution in [0.15, 0.2) is 53.7 Å². The molecular formula is C31H34F3N7O3. The Balaban J connectivity index is 1.31. The Morgan fingerprint density at radius 3 is 2.43 bits per heavy atom. The summed E-state index contributed by atoms with van der Waals surface area (Å²) in [6, 6.07) is 13.0. The van der Waals surface area contributed by atoms with Gasteiger partial charge in [-0.3, -0.25) is 19.4 Å². The molecule has 2 aliphatic heterocycles. The lowest BCUT2D eigenvalue weighted by Crippen LogP contribution is -2.47. The van der Waals surface area contributed by atoms with Gasteiger partial charge in [0.05, 0.1) is 23.8 Å². The molecule has 0 radical (unpaired) electrons. The summed E-state index contributed by atoms with van der Waals surface area (Å²) in [5, 5.41) is 2.68. The number of rotatable bonds is 10. The summed E-state index contributed by atoms with van der Waals surface area (Å²) in [6.45, 7) is 6.44. The van der Waals surface area contributed by atoms with Crippen LogP contribution in [0.25, 0.3) is 0 Å². The van der Waals surface area contributed by atoms with Gasteiger partial charge in [0.15, 0.2) is 0 Å². The molecular weight excluding hydrogens is 575 g/mol. The number of para-hydroxylation sites is 1. The minimum atomic E-state index is -4.73. The molecule has 3 aromatic rings. The second-order valence-electron chi connectivity index (χ2n) is 10.8. The van der Waals surface area contributed by atoms with E-state index in [1.54, 1.807) is 17.0 Å². The standard InChI is InChI=1S/C31H34F3N7O3/c1-21-6-2-3-7-25(21)39-14-16-40(17-15-39)26-10-9-22(27(42)20-35-11-5-13-41-12-4-8-28(41)43)18-23(26)37-29(44)24-19-36-30(38-24)31(32,33)34/h2-3,6-7,9-10,18-20H,4-5,8,11-17H2,1H3,(H,36,38)(H,37,44). The van der Waals surface area contributed by atoms with Crippen LogP contribution in [0.3, 0.4) is 0 Å². The Bertz CT molecular complexity index is 1540. The number of carbonyl (C=O) groups is 3. The number of aromatic nitrogens is 2. The molecule has 5 rings (SSSR count). The highest BCUT2D eigenvalue weighted by atomic mass is 19.4. The number of alkyl halides is 3. The van der Waals surface area contributed by atoms with Crippen molar-refractivity contribution in [1.29, 1.82) is 0 Å². The molecule has 2 amide bonds. The van der Waals surface area contributed by atoms with E-state index in [0.717, 1.165) is 24.8 Å². The van der Waals surface area contributed by atoms with Gasteiger partial charge in [-0.25, -0.2) is 4.98 Å². The molecule has 3 heterocycles. The zero-order chi connectivity index (χ0) is 31.3. The number of nitrogens with one attached hydrogen (secondary N) is 2. The van der Waals surface area contributed by atoms with E-state index >= 15 is 0 Å². The van der Waals surface area contributed by atoms with Crippen molar-refractivity contribution in [3.8, 4) is 0 Å². The smallest absolute Gasteiger partial charge is 0.368 e. The number of benzene rings is 2. The number of aromatic amines is 1. The number of halogens is 3. The molecule has 2 N–H and O–H groups in total. The molecule has 0 unspecified atom stereocenters. The van der Waals surface area contributed by atoms with E-state index in [2.05, 4.69) is 44.1 Å². The van der Waals surface area contributed by atoms with Gasteiger partial charge >= 0.3 is 6.18 Å². The van der Waals surface area contributed by atoms with Crippen molar-refractivity contribution in [2.75, 3.05) is 60.9 Å². The van der Waals surface area contributed by atoms with Gasteiger partial charge in [-0.1, -0.05) is 18.2 Å². The van der Waals surface area contributed by atoms with E-state index in [1.807, 2.05) is 17.1 Å². The van der Waals surface area contributed by atoms with Gasteiger partial charge in [0.25, 0.3) is 5.91 Å². The molecule has 2 fully saturated rings. The maximum absolute atomic E-state index is 13.1. The predicted octanol–water partition coefficient (Wildman–Crippen LogP) is 4.58. The summed E-state index contributed by atoms with van der Waals surface area (Å²) in [6.07, 6.45) is -0.608. The summed E-state index contributed by atoms with van der Waals surface area (Å²) in [7, 11) is 0. The number of hydrogen-bond acceptors (Lipinski definition) is 7. The quantitative estimate of drug-likeness (QED) is 0.198. The molecule has 0 aliphatic carbocycles. The van der Waals surface area contributed by atoms with Crippen molar-refractivity contribution in [3.63, 3.8) is 0 Å². The van der Waals surface area contributed by atoms with Gasteiger partial charge < -0.3 is 25.0 Å². The molecule has 13 heteroatoms. The average molecular weight is 610 g/mol. The Morgan fingerprint density at radius 2 is 1.77 bits per heavy atom. The lowest BCUT2D eigenvalue weighted by atomic mass is 10.1. The Kier molecular flexibility index (Phi) is 9.31. The summed E-state index contributed by atoms with van der Waals surface area (Å²) in [5.41, 5.74) is 3.15. The first kappa shape index (κ1) is 30.8. The fraction of sp³-hybridized carbons (Fsp3) is 0.387. The van der Waals surface area contributed by atoms with Crippen LogP contribution in [0, 0.1) is 6.92 Å². The molecule has 1 aromatic heterocycles. The number of amides is 2. The first-order chi connectivity index (χ1) is 21.1. The lowest BCUT2D eigenvalue weighted by molar-refractivity contribution is -0.144. The monoisotopic (exact) mass is 609 g/mol. The minimum absolute atomic E-state index is 0.140. The van der Waals surface area contributed by atoms with Crippen molar-refractivity contribution < 1.29 is 27.6 Å².